The summed E-state index contributed by atoms with van der Waals surface area (Å²) in [5, 5.41) is 0. The first-order chi connectivity index (χ1) is 5.79. The monoisotopic (exact) mass is 177 g/mol. The summed E-state index contributed by atoms with van der Waals surface area (Å²) < 4.78 is 0. The fourth-order valence-electron chi connectivity index (χ4n) is 1.32. The molecule has 0 aliphatic heterocycles. The average molecular weight is 177 g/mol. The molecule has 0 nitrogen and oxygen atoms in total. The van der Waals surface area contributed by atoms with Crippen LogP contribution in [0.5, 0.6) is 0 Å². The Bertz CT molecular complexity index is 217. The van der Waals surface area contributed by atoms with Gasteiger partial charge in [0.05, 0.1) is 0 Å². The summed E-state index contributed by atoms with van der Waals surface area (Å²) in [5.41, 5.74) is 4.62. The van der Waals surface area contributed by atoms with Crippen molar-refractivity contribution in [3.05, 3.63) is 29.5 Å². The van der Waals surface area contributed by atoms with Crippen molar-refractivity contribution in [3.8, 4) is 0 Å². The van der Waals surface area contributed by atoms with Crippen molar-refractivity contribution in [1.29, 1.82) is 0 Å². The van der Waals surface area contributed by atoms with E-state index < -0.39 is 0 Å². The average Bonchev–Trinajstić information content (AvgIpc) is 2.49. The SMILES string of the molecule is C[Si](C)CCCCC1=C=CC=C1. The first kappa shape index (κ1) is 9.56. The van der Waals surface area contributed by atoms with Crippen LogP contribution in [0.3, 0.4) is 0 Å². The molecular formula is C11H17Si. The van der Waals surface area contributed by atoms with E-state index in [2.05, 4.69) is 31.0 Å². The number of unbranched alkanes of at least 4 members (excludes halogenated alkanes) is 1. The minimum absolute atomic E-state index is 0.0146. The van der Waals surface area contributed by atoms with Crippen LogP contribution in [-0.2, 0) is 0 Å². The molecule has 1 rings (SSSR count). The summed E-state index contributed by atoms with van der Waals surface area (Å²) in [6, 6.07) is 1.46. The van der Waals surface area contributed by atoms with E-state index in [1.807, 2.05) is 6.08 Å². The molecule has 0 heterocycles. The predicted molar refractivity (Wildman–Crippen MR) is 56.9 cm³/mol. The molecule has 0 aromatic rings. The topological polar surface area (TPSA) is 0 Å². The standard InChI is InChI=1S/C11H17Si/c1-12(2)10-6-5-9-11-7-3-4-8-11/h3-4,7H,5-6,9-10H2,1-2H3. The predicted octanol–water partition coefficient (Wildman–Crippen LogP) is 3.56. The Kier molecular flexibility index (Phi) is 4.13. The van der Waals surface area contributed by atoms with Gasteiger partial charge in [0.1, 0.15) is 0 Å². The zero-order valence-corrected chi connectivity index (χ0v) is 9.06. The molecule has 12 heavy (non-hydrogen) atoms. The van der Waals surface area contributed by atoms with Crippen molar-refractivity contribution in [2.45, 2.75) is 38.4 Å². The minimum atomic E-state index is 0.0146. The highest BCUT2D eigenvalue weighted by Crippen LogP contribution is 2.13. The lowest BCUT2D eigenvalue weighted by atomic mass is 10.1. The van der Waals surface area contributed by atoms with Crippen LogP contribution in [0.4, 0.5) is 0 Å². The lowest BCUT2D eigenvalue weighted by Gasteiger charge is -2.01. The van der Waals surface area contributed by atoms with Gasteiger partial charge < -0.3 is 0 Å². The van der Waals surface area contributed by atoms with E-state index in [1.165, 1.54) is 30.9 Å². The third-order valence-corrected chi connectivity index (χ3v) is 3.39. The molecule has 1 radical (unpaired) electrons. The van der Waals surface area contributed by atoms with E-state index in [0.717, 1.165) is 0 Å². The lowest BCUT2D eigenvalue weighted by molar-refractivity contribution is 0.793. The summed E-state index contributed by atoms with van der Waals surface area (Å²) in [5.74, 6) is 0. The van der Waals surface area contributed by atoms with Crippen LogP contribution in [0.1, 0.15) is 19.3 Å². The van der Waals surface area contributed by atoms with Crippen LogP contribution in [0.15, 0.2) is 29.5 Å². The second-order valence-electron chi connectivity index (χ2n) is 3.61. The summed E-state index contributed by atoms with van der Waals surface area (Å²) in [6.45, 7) is 4.78. The van der Waals surface area contributed by atoms with Gasteiger partial charge in [0, 0.05) is 8.80 Å². The highest BCUT2D eigenvalue weighted by Gasteiger charge is 1.97. The quantitative estimate of drug-likeness (QED) is 0.342. The Morgan fingerprint density at radius 3 is 2.75 bits per heavy atom. The van der Waals surface area contributed by atoms with Gasteiger partial charge in [-0.25, -0.2) is 0 Å². The van der Waals surface area contributed by atoms with E-state index in [9.17, 15) is 0 Å². The Morgan fingerprint density at radius 1 is 1.33 bits per heavy atom. The molecule has 0 amide bonds. The van der Waals surface area contributed by atoms with Gasteiger partial charge in [-0.1, -0.05) is 37.7 Å². The molecule has 1 aliphatic carbocycles. The molecule has 1 heteroatoms. The van der Waals surface area contributed by atoms with Crippen molar-refractivity contribution in [2.75, 3.05) is 0 Å². The maximum atomic E-state index is 3.23. The number of allylic oxidation sites excluding steroid dienone is 3. The van der Waals surface area contributed by atoms with E-state index in [0.29, 0.717) is 0 Å². The van der Waals surface area contributed by atoms with Crippen molar-refractivity contribution >= 4 is 8.80 Å². The Balaban J connectivity index is 2.03. The van der Waals surface area contributed by atoms with Gasteiger partial charge in [0.15, 0.2) is 0 Å². The zero-order valence-electron chi connectivity index (χ0n) is 8.06. The largest absolute Gasteiger partial charge is 0.117 e. The molecule has 0 aromatic carbocycles. The van der Waals surface area contributed by atoms with Gasteiger partial charge in [-0.2, -0.15) is 0 Å². The number of hydrogen-bond acceptors (Lipinski definition) is 0. The normalized spacial score (nSPS) is 14.4. The summed E-state index contributed by atoms with van der Waals surface area (Å²) in [6.07, 6.45) is 10.2. The van der Waals surface area contributed by atoms with Crippen LogP contribution in [0.2, 0.25) is 19.1 Å². The minimum Gasteiger partial charge on any atom is -0.117 e. The summed E-state index contributed by atoms with van der Waals surface area (Å²) in [4.78, 5) is 0. The molecule has 0 atom stereocenters. The van der Waals surface area contributed by atoms with Crippen LogP contribution < -0.4 is 0 Å². The van der Waals surface area contributed by atoms with Crippen LogP contribution in [0.25, 0.3) is 0 Å². The van der Waals surface area contributed by atoms with E-state index >= 15 is 0 Å². The highest BCUT2D eigenvalue weighted by atomic mass is 28.3. The van der Waals surface area contributed by atoms with Crippen LogP contribution in [-0.4, -0.2) is 8.80 Å². The Hall–Kier alpha value is -0.523. The Labute approximate surface area is 77.3 Å². The second kappa shape index (κ2) is 5.18. The summed E-state index contributed by atoms with van der Waals surface area (Å²) >= 11 is 0. The summed E-state index contributed by atoms with van der Waals surface area (Å²) in [7, 11) is 0.0146. The smallest absolute Gasteiger partial charge is 0.0412 e. The first-order valence-corrected chi connectivity index (χ1v) is 7.41. The van der Waals surface area contributed by atoms with Crippen molar-refractivity contribution in [2.24, 2.45) is 0 Å². The van der Waals surface area contributed by atoms with E-state index in [-0.39, 0.29) is 8.80 Å². The van der Waals surface area contributed by atoms with Gasteiger partial charge in [0.2, 0.25) is 0 Å². The number of rotatable bonds is 5. The van der Waals surface area contributed by atoms with Crippen molar-refractivity contribution < 1.29 is 0 Å². The molecule has 1 aliphatic rings. The molecule has 0 N–H and O–H groups in total. The molecule has 0 unspecified atom stereocenters. The maximum absolute atomic E-state index is 3.23. The van der Waals surface area contributed by atoms with Gasteiger partial charge in [-0.3, -0.25) is 0 Å². The molecule has 0 aromatic heterocycles. The Morgan fingerprint density at radius 2 is 2.17 bits per heavy atom. The van der Waals surface area contributed by atoms with Crippen LogP contribution >= 0.6 is 0 Å². The van der Waals surface area contributed by atoms with Gasteiger partial charge in [-0.15, -0.1) is 5.73 Å². The van der Waals surface area contributed by atoms with E-state index in [4.69, 9.17) is 0 Å². The molecule has 0 bridgehead atoms. The lowest BCUT2D eigenvalue weighted by Crippen LogP contribution is -1.97. The first-order valence-electron chi connectivity index (χ1n) is 4.70. The fourth-order valence-corrected chi connectivity index (χ4v) is 2.27. The molecular weight excluding hydrogens is 160 g/mol. The maximum Gasteiger partial charge on any atom is 0.0412 e. The third-order valence-electron chi connectivity index (χ3n) is 2.04. The van der Waals surface area contributed by atoms with Crippen LogP contribution in [0, 0.1) is 0 Å². The van der Waals surface area contributed by atoms with Gasteiger partial charge in [0.25, 0.3) is 0 Å². The zero-order chi connectivity index (χ0) is 8.81. The number of hydrogen-bond donors (Lipinski definition) is 0. The molecule has 0 spiro atoms. The third kappa shape index (κ3) is 3.75. The van der Waals surface area contributed by atoms with Gasteiger partial charge in [-0.05, 0) is 24.5 Å². The van der Waals surface area contributed by atoms with Gasteiger partial charge >= 0.3 is 0 Å². The molecule has 0 fully saturated rings. The van der Waals surface area contributed by atoms with Crippen molar-refractivity contribution in [1.82, 2.24) is 0 Å². The molecule has 0 saturated carbocycles. The molecule has 0 saturated heterocycles. The fraction of sp³-hybridized carbons (Fsp3) is 0.545. The second-order valence-corrected chi connectivity index (χ2v) is 6.52. The highest BCUT2D eigenvalue weighted by molar-refractivity contribution is 6.55. The van der Waals surface area contributed by atoms with E-state index in [1.54, 1.807) is 0 Å². The van der Waals surface area contributed by atoms with Crippen molar-refractivity contribution in [3.63, 3.8) is 0 Å². The molecule has 65 valence electrons.